The highest BCUT2D eigenvalue weighted by atomic mass is 32.2. The van der Waals surface area contributed by atoms with E-state index >= 15 is 0 Å². The van der Waals surface area contributed by atoms with E-state index in [1.54, 1.807) is 0 Å². The summed E-state index contributed by atoms with van der Waals surface area (Å²) in [5, 5.41) is 0. The van der Waals surface area contributed by atoms with E-state index in [0.29, 0.717) is 6.10 Å². The molecule has 0 aromatic carbocycles. The summed E-state index contributed by atoms with van der Waals surface area (Å²) in [6.45, 7) is 5.17. The Morgan fingerprint density at radius 1 is 0.720 bits per heavy atom. The summed E-state index contributed by atoms with van der Waals surface area (Å²) in [6.07, 6.45) is 23.9. The van der Waals surface area contributed by atoms with Gasteiger partial charge in [-0.1, -0.05) is 89.9 Å². The van der Waals surface area contributed by atoms with Gasteiger partial charge >= 0.3 is 0 Å². The van der Waals surface area contributed by atoms with Crippen molar-refractivity contribution in [3.63, 3.8) is 0 Å². The van der Waals surface area contributed by atoms with Crippen molar-refractivity contribution < 1.29 is 4.74 Å². The standard InChI is InChI=1S/C23H46OS/c1-22(2)24-19-15-21-25-20-14-9-7-5-3-4-6-8-11-16-23-17-12-10-13-18-23/h22-23H,3-21H2,1-2H3. The van der Waals surface area contributed by atoms with Gasteiger partial charge in [0.05, 0.1) is 6.10 Å². The molecule has 1 aliphatic rings. The molecule has 1 nitrogen and oxygen atoms in total. The molecule has 25 heavy (non-hydrogen) atoms. The van der Waals surface area contributed by atoms with Gasteiger partial charge in [0.15, 0.2) is 0 Å². The second-order valence-electron chi connectivity index (χ2n) is 8.36. The van der Waals surface area contributed by atoms with E-state index in [-0.39, 0.29) is 0 Å². The lowest BCUT2D eigenvalue weighted by Crippen LogP contribution is -2.05. The Morgan fingerprint density at radius 3 is 1.92 bits per heavy atom. The summed E-state index contributed by atoms with van der Waals surface area (Å²) in [5.41, 5.74) is 0. The van der Waals surface area contributed by atoms with Crippen LogP contribution >= 0.6 is 11.8 Å². The average Bonchev–Trinajstić information content (AvgIpc) is 2.62. The van der Waals surface area contributed by atoms with Crippen molar-refractivity contribution in [2.75, 3.05) is 18.1 Å². The van der Waals surface area contributed by atoms with Gasteiger partial charge in [-0.15, -0.1) is 0 Å². The predicted molar refractivity (Wildman–Crippen MR) is 116 cm³/mol. The van der Waals surface area contributed by atoms with Crippen LogP contribution in [0.3, 0.4) is 0 Å². The summed E-state index contributed by atoms with van der Waals surface area (Å²) in [5.74, 6) is 3.71. The molecule has 0 aromatic rings. The molecule has 0 amide bonds. The second kappa shape index (κ2) is 17.7. The van der Waals surface area contributed by atoms with Crippen molar-refractivity contribution in [3.05, 3.63) is 0 Å². The molecule has 0 saturated heterocycles. The molecule has 0 heterocycles. The third kappa shape index (κ3) is 16.2. The quantitative estimate of drug-likeness (QED) is 0.240. The minimum atomic E-state index is 0.391. The van der Waals surface area contributed by atoms with Crippen LogP contribution in [0.15, 0.2) is 0 Å². The van der Waals surface area contributed by atoms with Crippen LogP contribution in [0, 0.1) is 5.92 Å². The first-order valence-electron chi connectivity index (χ1n) is 11.5. The number of ether oxygens (including phenoxy) is 1. The van der Waals surface area contributed by atoms with Crippen molar-refractivity contribution >= 4 is 11.8 Å². The van der Waals surface area contributed by atoms with Crippen molar-refractivity contribution in [3.8, 4) is 0 Å². The fourth-order valence-corrected chi connectivity index (χ4v) is 4.87. The van der Waals surface area contributed by atoms with Gasteiger partial charge < -0.3 is 4.74 Å². The summed E-state index contributed by atoms with van der Waals surface area (Å²) in [4.78, 5) is 0. The van der Waals surface area contributed by atoms with Crippen LogP contribution < -0.4 is 0 Å². The molecule has 0 spiro atoms. The third-order valence-corrected chi connectivity index (χ3v) is 6.66. The molecule has 150 valence electrons. The van der Waals surface area contributed by atoms with Crippen LogP contribution in [0.5, 0.6) is 0 Å². The molecular weight excluding hydrogens is 324 g/mol. The lowest BCUT2D eigenvalue weighted by atomic mass is 9.85. The van der Waals surface area contributed by atoms with Gasteiger partial charge in [0.1, 0.15) is 0 Å². The SMILES string of the molecule is CC(C)OCCCSCCCCCCCCCCCC1CCCCC1. The molecule has 1 saturated carbocycles. The third-order valence-electron chi connectivity index (χ3n) is 5.51. The normalized spacial score (nSPS) is 16.0. The summed E-state index contributed by atoms with van der Waals surface area (Å²) in [7, 11) is 0. The zero-order valence-corrected chi connectivity index (χ0v) is 18.2. The van der Waals surface area contributed by atoms with Gasteiger partial charge in [-0.3, -0.25) is 0 Å². The van der Waals surface area contributed by atoms with E-state index in [9.17, 15) is 0 Å². The lowest BCUT2D eigenvalue weighted by molar-refractivity contribution is 0.0800. The van der Waals surface area contributed by atoms with E-state index in [2.05, 4.69) is 25.6 Å². The largest absolute Gasteiger partial charge is 0.379 e. The molecule has 0 radical (unpaired) electrons. The summed E-state index contributed by atoms with van der Waals surface area (Å²) >= 11 is 2.11. The highest BCUT2D eigenvalue weighted by Crippen LogP contribution is 2.28. The van der Waals surface area contributed by atoms with Gasteiger partial charge in [-0.25, -0.2) is 0 Å². The van der Waals surface area contributed by atoms with Gasteiger partial charge in [-0.2, -0.15) is 11.8 Å². The smallest absolute Gasteiger partial charge is 0.0518 e. The van der Waals surface area contributed by atoms with Gasteiger partial charge in [0, 0.05) is 6.61 Å². The first-order chi connectivity index (χ1) is 12.3. The second-order valence-corrected chi connectivity index (χ2v) is 9.58. The van der Waals surface area contributed by atoms with Gasteiger partial charge in [0.2, 0.25) is 0 Å². The van der Waals surface area contributed by atoms with Crippen LogP contribution in [0.4, 0.5) is 0 Å². The maximum Gasteiger partial charge on any atom is 0.0518 e. The Kier molecular flexibility index (Phi) is 16.5. The fraction of sp³-hybridized carbons (Fsp3) is 1.00. The fourth-order valence-electron chi connectivity index (χ4n) is 3.93. The van der Waals surface area contributed by atoms with Gasteiger partial charge in [-0.05, 0) is 44.1 Å². The Balaban J connectivity index is 1.66. The Hall–Kier alpha value is 0.310. The number of rotatable bonds is 17. The van der Waals surface area contributed by atoms with E-state index in [4.69, 9.17) is 4.74 Å². The molecule has 0 atom stereocenters. The molecule has 0 aliphatic heterocycles. The van der Waals surface area contributed by atoms with Crippen molar-refractivity contribution in [1.29, 1.82) is 0 Å². The molecular formula is C23H46OS. The maximum atomic E-state index is 5.57. The van der Waals surface area contributed by atoms with Crippen LogP contribution in [0.25, 0.3) is 0 Å². The lowest BCUT2D eigenvalue weighted by Gasteiger charge is -2.21. The van der Waals surface area contributed by atoms with Gasteiger partial charge in [0.25, 0.3) is 0 Å². The Labute approximate surface area is 163 Å². The van der Waals surface area contributed by atoms with E-state index in [1.165, 1.54) is 114 Å². The number of unbranched alkanes of at least 4 members (excludes halogenated alkanes) is 8. The topological polar surface area (TPSA) is 9.23 Å². The maximum absolute atomic E-state index is 5.57. The zero-order valence-electron chi connectivity index (χ0n) is 17.4. The number of thioether (sulfide) groups is 1. The van der Waals surface area contributed by atoms with E-state index < -0.39 is 0 Å². The summed E-state index contributed by atoms with van der Waals surface area (Å²) < 4.78 is 5.57. The molecule has 1 aliphatic carbocycles. The first-order valence-corrected chi connectivity index (χ1v) is 12.6. The molecule has 0 N–H and O–H groups in total. The van der Waals surface area contributed by atoms with Crippen LogP contribution in [0.1, 0.15) is 117 Å². The van der Waals surface area contributed by atoms with Crippen LogP contribution in [0.2, 0.25) is 0 Å². The average molecular weight is 371 g/mol. The van der Waals surface area contributed by atoms with Crippen LogP contribution in [-0.4, -0.2) is 24.2 Å². The highest BCUT2D eigenvalue weighted by Gasteiger charge is 2.12. The molecule has 0 bridgehead atoms. The van der Waals surface area contributed by atoms with Crippen molar-refractivity contribution in [1.82, 2.24) is 0 Å². The monoisotopic (exact) mass is 370 g/mol. The molecule has 1 fully saturated rings. The molecule has 0 unspecified atom stereocenters. The van der Waals surface area contributed by atoms with Crippen LogP contribution in [-0.2, 0) is 4.74 Å². The first kappa shape index (κ1) is 23.3. The minimum absolute atomic E-state index is 0.391. The predicted octanol–water partition coefficient (Wildman–Crippen LogP) is 8.02. The highest BCUT2D eigenvalue weighted by molar-refractivity contribution is 7.99. The Morgan fingerprint density at radius 2 is 1.28 bits per heavy atom. The Bertz CT molecular complexity index is 261. The molecule has 1 rings (SSSR count). The number of hydrogen-bond acceptors (Lipinski definition) is 2. The van der Waals surface area contributed by atoms with Crippen molar-refractivity contribution in [2.24, 2.45) is 5.92 Å². The summed E-state index contributed by atoms with van der Waals surface area (Å²) in [6, 6.07) is 0. The molecule has 2 heteroatoms. The van der Waals surface area contributed by atoms with E-state index in [0.717, 1.165) is 12.5 Å². The van der Waals surface area contributed by atoms with Crippen molar-refractivity contribution in [2.45, 2.75) is 123 Å². The molecule has 0 aromatic heterocycles. The number of hydrogen-bond donors (Lipinski definition) is 0. The van der Waals surface area contributed by atoms with E-state index in [1.807, 2.05) is 0 Å². The zero-order chi connectivity index (χ0) is 18.0. The minimum Gasteiger partial charge on any atom is -0.379 e.